The molecule has 1 heterocycles. The molecule has 0 aromatic rings. The number of amides is 1. The predicted octanol–water partition coefficient (Wildman–Crippen LogP) is 0.831. The predicted molar refractivity (Wildman–Crippen MR) is 62.1 cm³/mol. The molecule has 0 aliphatic carbocycles. The van der Waals surface area contributed by atoms with Gasteiger partial charge in [0.25, 0.3) is 0 Å². The maximum absolute atomic E-state index is 11.4. The standard InChI is InChI=1S/C10H20N2O2.ClH/c1-3-8(11)9(13)12-7-10(2)5-4-6-14-10;/h8H,3-7,11H2,1-2H3,(H,12,13);1H/t8-,10?;/m0./s1. The van der Waals surface area contributed by atoms with Gasteiger partial charge in [0.05, 0.1) is 11.6 Å². The molecule has 1 unspecified atom stereocenters. The van der Waals surface area contributed by atoms with E-state index in [4.69, 9.17) is 10.5 Å². The Morgan fingerprint density at radius 2 is 2.33 bits per heavy atom. The average Bonchev–Trinajstić information content (AvgIpc) is 2.61. The van der Waals surface area contributed by atoms with Gasteiger partial charge in [0.1, 0.15) is 0 Å². The summed E-state index contributed by atoms with van der Waals surface area (Å²) in [5, 5.41) is 2.83. The molecule has 0 aromatic heterocycles. The Kier molecular flexibility index (Phi) is 6.17. The molecule has 0 aromatic carbocycles. The summed E-state index contributed by atoms with van der Waals surface area (Å²) < 4.78 is 5.55. The van der Waals surface area contributed by atoms with E-state index in [-0.39, 0.29) is 30.0 Å². The Morgan fingerprint density at radius 3 is 2.80 bits per heavy atom. The molecule has 1 aliphatic heterocycles. The minimum Gasteiger partial charge on any atom is -0.373 e. The Balaban J connectivity index is 0.00000196. The number of hydrogen-bond donors (Lipinski definition) is 2. The lowest BCUT2D eigenvalue weighted by Gasteiger charge is -2.24. The number of carbonyl (C=O) groups excluding carboxylic acids is 1. The third-order valence-corrected chi connectivity index (χ3v) is 2.71. The van der Waals surface area contributed by atoms with E-state index >= 15 is 0 Å². The monoisotopic (exact) mass is 236 g/mol. The van der Waals surface area contributed by atoms with Gasteiger partial charge in [0.15, 0.2) is 0 Å². The number of carbonyl (C=O) groups is 1. The minimum atomic E-state index is -0.389. The SMILES string of the molecule is CC[C@H](N)C(=O)NCC1(C)CCCO1.Cl. The van der Waals surface area contributed by atoms with Crippen LogP contribution in [0.5, 0.6) is 0 Å². The summed E-state index contributed by atoms with van der Waals surface area (Å²) in [7, 11) is 0. The van der Waals surface area contributed by atoms with Crippen LogP contribution in [0.4, 0.5) is 0 Å². The highest BCUT2D eigenvalue weighted by Gasteiger charge is 2.30. The molecule has 4 nitrogen and oxygen atoms in total. The summed E-state index contributed by atoms with van der Waals surface area (Å²) in [5.41, 5.74) is 5.41. The van der Waals surface area contributed by atoms with Crippen molar-refractivity contribution in [1.82, 2.24) is 5.32 Å². The van der Waals surface area contributed by atoms with Crippen molar-refractivity contribution < 1.29 is 9.53 Å². The van der Waals surface area contributed by atoms with E-state index in [1.807, 2.05) is 13.8 Å². The van der Waals surface area contributed by atoms with Gasteiger partial charge in [-0.2, -0.15) is 0 Å². The second-order valence-corrected chi connectivity index (χ2v) is 4.13. The van der Waals surface area contributed by atoms with Crippen molar-refractivity contribution in [2.75, 3.05) is 13.2 Å². The molecule has 0 radical (unpaired) electrons. The fourth-order valence-corrected chi connectivity index (χ4v) is 1.57. The molecule has 5 heteroatoms. The van der Waals surface area contributed by atoms with Crippen LogP contribution in [0.1, 0.15) is 33.1 Å². The highest BCUT2D eigenvalue weighted by atomic mass is 35.5. The molecule has 3 N–H and O–H groups in total. The number of ether oxygens (including phenoxy) is 1. The van der Waals surface area contributed by atoms with Crippen molar-refractivity contribution in [3.8, 4) is 0 Å². The van der Waals surface area contributed by atoms with Crippen LogP contribution in [0.2, 0.25) is 0 Å². The van der Waals surface area contributed by atoms with E-state index in [2.05, 4.69) is 5.32 Å². The van der Waals surface area contributed by atoms with E-state index in [1.54, 1.807) is 0 Å². The second kappa shape index (κ2) is 6.30. The average molecular weight is 237 g/mol. The smallest absolute Gasteiger partial charge is 0.237 e. The van der Waals surface area contributed by atoms with E-state index in [0.717, 1.165) is 19.4 Å². The summed E-state index contributed by atoms with van der Waals surface area (Å²) >= 11 is 0. The Morgan fingerprint density at radius 1 is 1.67 bits per heavy atom. The van der Waals surface area contributed by atoms with Crippen LogP contribution in [-0.2, 0) is 9.53 Å². The fraction of sp³-hybridized carbons (Fsp3) is 0.900. The van der Waals surface area contributed by atoms with Gasteiger partial charge in [-0.15, -0.1) is 12.4 Å². The first-order valence-electron chi connectivity index (χ1n) is 5.24. The molecule has 1 fully saturated rings. The van der Waals surface area contributed by atoms with Crippen LogP contribution in [0.3, 0.4) is 0 Å². The number of nitrogens with one attached hydrogen (secondary N) is 1. The molecule has 1 aliphatic rings. The van der Waals surface area contributed by atoms with Crippen LogP contribution in [0, 0.1) is 0 Å². The summed E-state index contributed by atoms with van der Waals surface area (Å²) in [6.45, 7) is 5.29. The quantitative estimate of drug-likeness (QED) is 0.760. The lowest BCUT2D eigenvalue weighted by atomic mass is 10.0. The zero-order valence-electron chi connectivity index (χ0n) is 9.41. The van der Waals surface area contributed by atoms with Gasteiger partial charge in [0.2, 0.25) is 5.91 Å². The molecular formula is C10H21ClN2O2. The summed E-state index contributed by atoms with van der Waals surface area (Å²) in [5.74, 6) is -0.0794. The number of nitrogens with two attached hydrogens (primary N) is 1. The zero-order chi connectivity index (χ0) is 10.6. The highest BCUT2D eigenvalue weighted by Crippen LogP contribution is 2.23. The molecule has 1 amide bonds. The first-order valence-corrected chi connectivity index (χ1v) is 5.24. The van der Waals surface area contributed by atoms with Crippen molar-refractivity contribution in [2.45, 2.75) is 44.8 Å². The minimum absolute atomic E-state index is 0. The lowest BCUT2D eigenvalue weighted by Crippen LogP contribution is -2.46. The normalized spacial score (nSPS) is 26.9. The van der Waals surface area contributed by atoms with Crippen molar-refractivity contribution >= 4 is 18.3 Å². The molecular weight excluding hydrogens is 216 g/mol. The van der Waals surface area contributed by atoms with Crippen molar-refractivity contribution in [1.29, 1.82) is 0 Å². The van der Waals surface area contributed by atoms with Crippen LogP contribution < -0.4 is 11.1 Å². The van der Waals surface area contributed by atoms with Crippen LogP contribution in [0.25, 0.3) is 0 Å². The fourth-order valence-electron chi connectivity index (χ4n) is 1.57. The van der Waals surface area contributed by atoms with Crippen LogP contribution in [0.15, 0.2) is 0 Å². The first kappa shape index (κ1) is 14.7. The van der Waals surface area contributed by atoms with E-state index in [9.17, 15) is 4.79 Å². The zero-order valence-corrected chi connectivity index (χ0v) is 10.2. The maximum atomic E-state index is 11.4. The molecule has 2 atom stereocenters. The van der Waals surface area contributed by atoms with Gasteiger partial charge in [-0.25, -0.2) is 0 Å². The first-order chi connectivity index (χ1) is 6.57. The Hall–Kier alpha value is -0.320. The Bertz CT molecular complexity index is 206. The number of hydrogen-bond acceptors (Lipinski definition) is 3. The maximum Gasteiger partial charge on any atom is 0.237 e. The largest absolute Gasteiger partial charge is 0.373 e. The van der Waals surface area contributed by atoms with Gasteiger partial charge in [-0.3, -0.25) is 4.79 Å². The van der Waals surface area contributed by atoms with E-state index < -0.39 is 0 Å². The molecule has 90 valence electrons. The highest BCUT2D eigenvalue weighted by molar-refractivity contribution is 5.85. The van der Waals surface area contributed by atoms with Crippen LogP contribution >= 0.6 is 12.4 Å². The molecule has 0 saturated carbocycles. The summed E-state index contributed by atoms with van der Waals surface area (Å²) in [4.78, 5) is 11.4. The number of halogens is 1. The van der Waals surface area contributed by atoms with Gasteiger partial charge >= 0.3 is 0 Å². The third-order valence-electron chi connectivity index (χ3n) is 2.71. The van der Waals surface area contributed by atoms with E-state index in [1.165, 1.54) is 0 Å². The molecule has 0 bridgehead atoms. The second-order valence-electron chi connectivity index (χ2n) is 4.13. The van der Waals surface area contributed by atoms with Crippen molar-refractivity contribution in [3.05, 3.63) is 0 Å². The van der Waals surface area contributed by atoms with Crippen molar-refractivity contribution in [3.63, 3.8) is 0 Å². The van der Waals surface area contributed by atoms with Crippen molar-refractivity contribution in [2.24, 2.45) is 5.73 Å². The van der Waals surface area contributed by atoms with Gasteiger partial charge < -0.3 is 15.8 Å². The molecule has 1 saturated heterocycles. The van der Waals surface area contributed by atoms with Gasteiger partial charge in [0, 0.05) is 13.2 Å². The third kappa shape index (κ3) is 4.36. The molecule has 1 rings (SSSR count). The summed E-state index contributed by atoms with van der Waals surface area (Å²) in [6.07, 6.45) is 2.75. The van der Waals surface area contributed by atoms with Gasteiger partial charge in [-0.1, -0.05) is 6.92 Å². The van der Waals surface area contributed by atoms with Crippen LogP contribution in [-0.4, -0.2) is 30.7 Å². The molecule has 15 heavy (non-hydrogen) atoms. The number of rotatable bonds is 4. The van der Waals surface area contributed by atoms with Gasteiger partial charge in [-0.05, 0) is 26.2 Å². The lowest BCUT2D eigenvalue weighted by molar-refractivity contribution is -0.123. The Labute approximate surface area is 97.3 Å². The van der Waals surface area contributed by atoms with E-state index in [0.29, 0.717) is 13.0 Å². The molecule has 0 spiro atoms. The summed E-state index contributed by atoms with van der Waals surface area (Å²) in [6, 6.07) is -0.389. The topological polar surface area (TPSA) is 64.4 Å².